The first kappa shape index (κ1) is 27.7. The first-order valence-corrected chi connectivity index (χ1v) is 12.9. The third kappa shape index (κ3) is 6.57. The molecule has 3 N–H and O–H groups in total. The van der Waals surface area contributed by atoms with Gasteiger partial charge in [0.25, 0.3) is 0 Å². The number of methoxy groups -OCH3 is 1. The Balaban J connectivity index is 1.46. The Morgan fingerprint density at radius 1 is 1.23 bits per heavy atom. The number of piperidine rings is 1. The molecule has 0 bridgehead atoms. The van der Waals surface area contributed by atoms with Crippen LogP contribution >= 0.6 is 0 Å². The first-order valence-electron chi connectivity index (χ1n) is 12.9. The van der Waals surface area contributed by atoms with E-state index in [4.69, 9.17) is 9.15 Å². The molecule has 0 radical (unpaired) electrons. The highest BCUT2D eigenvalue weighted by Gasteiger charge is 2.29. The number of hydrogen-bond donors (Lipinski definition) is 3. The third-order valence-corrected chi connectivity index (χ3v) is 6.94. The summed E-state index contributed by atoms with van der Waals surface area (Å²) in [5.41, 5.74) is 0.869. The summed E-state index contributed by atoms with van der Waals surface area (Å²) < 4.78 is 10.9. The van der Waals surface area contributed by atoms with Crippen LogP contribution in [-0.2, 0) is 9.59 Å². The van der Waals surface area contributed by atoms with Crippen LogP contribution in [0.3, 0.4) is 0 Å². The molecule has 39 heavy (non-hydrogen) atoms. The molecular weight excluding hydrogens is 502 g/mol. The number of aromatic nitrogens is 1. The Labute approximate surface area is 226 Å². The van der Waals surface area contributed by atoms with E-state index < -0.39 is 23.0 Å². The van der Waals surface area contributed by atoms with Crippen LogP contribution < -0.4 is 15.5 Å². The summed E-state index contributed by atoms with van der Waals surface area (Å²) in [5.74, 6) is -1.60. The van der Waals surface area contributed by atoms with Crippen molar-refractivity contribution in [2.75, 3.05) is 20.2 Å². The average molecular weight is 536 g/mol. The Morgan fingerprint density at radius 2 is 2.05 bits per heavy atom. The number of nitrogens with zero attached hydrogens (tertiary/aromatic N) is 2. The smallest absolute Gasteiger partial charge is 0.227 e. The van der Waals surface area contributed by atoms with E-state index in [-0.39, 0.29) is 54.4 Å². The molecule has 1 saturated heterocycles. The number of nitrogens with one attached hydrogen (secondary N) is 1. The van der Waals surface area contributed by atoms with Gasteiger partial charge in [-0.3, -0.25) is 19.4 Å². The standard InChI is InChI=1S/C29H33N3O7/c1-18-14-24(34)28(37)29(39-18)21(19-8-9-23(33)25(15-19)38-2)16-26(35)31-12-10-27(36)32-13-4-3-7-22(32)20-6-5-11-30-17-20/h5-6,8-9,11,14-15,17,21-22,33,37H,3-4,7,10,12-13,16H2,1-2H3,(H,31,35). The van der Waals surface area contributed by atoms with Gasteiger partial charge in [-0.1, -0.05) is 12.1 Å². The maximum Gasteiger partial charge on any atom is 0.227 e. The molecule has 1 aliphatic rings. The van der Waals surface area contributed by atoms with Gasteiger partial charge in [-0.25, -0.2) is 0 Å². The van der Waals surface area contributed by atoms with Gasteiger partial charge in [-0.2, -0.15) is 0 Å². The number of rotatable bonds is 9. The molecule has 4 rings (SSSR count). The Bertz CT molecular complexity index is 1370. The van der Waals surface area contributed by atoms with Crippen molar-refractivity contribution in [2.45, 2.75) is 51.0 Å². The van der Waals surface area contributed by atoms with Gasteiger partial charge in [-0.05, 0) is 55.5 Å². The molecule has 10 nitrogen and oxygen atoms in total. The van der Waals surface area contributed by atoms with Crippen LogP contribution in [0.1, 0.15) is 66.7 Å². The summed E-state index contributed by atoms with van der Waals surface area (Å²) in [7, 11) is 1.39. The van der Waals surface area contributed by atoms with Gasteiger partial charge in [0.1, 0.15) is 5.76 Å². The van der Waals surface area contributed by atoms with Crippen LogP contribution in [-0.4, -0.2) is 52.1 Å². The van der Waals surface area contributed by atoms with E-state index in [2.05, 4.69) is 10.3 Å². The van der Waals surface area contributed by atoms with Crippen molar-refractivity contribution >= 4 is 11.8 Å². The molecule has 1 fully saturated rings. The van der Waals surface area contributed by atoms with E-state index in [1.54, 1.807) is 25.4 Å². The molecule has 10 heteroatoms. The van der Waals surface area contributed by atoms with Crippen LogP contribution in [0, 0.1) is 6.92 Å². The number of carbonyl (C=O) groups excluding carboxylic acids is 2. The second-order valence-corrected chi connectivity index (χ2v) is 9.61. The molecule has 0 aliphatic carbocycles. The van der Waals surface area contributed by atoms with E-state index in [0.29, 0.717) is 12.1 Å². The Morgan fingerprint density at radius 3 is 2.79 bits per heavy atom. The zero-order valence-electron chi connectivity index (χ0n) is 22.1. The van der Waals surface area contributed by atoms with Crippen molar-refractivity contribution in [3.05, 3.63) is 81.7 Å². The number of phenols is 1. The van der Waals surface area contributed by atoms with Crippen LogP contribution in [0.25, 0.3) is 0 Å². The summed E-state index contributed by atoms with van der Waals surface area (Å²) in [4.78, 5) is 44.4. The lowest BCUT2D eigenvalue weighted by atomic mass is 9.91. The van der Waals surface area contributed by atoms with E-state index in [1.165, 1.54) is 25.3 Å². The summed E-state index contributed by atoms with van der Waals surface area (Å²) in [6.45, 7) is 2.36. The molecule has 1 aliphatic heterocycles. The predicted molar refractivity (Wildman–Crippen MR) is 143 cm³/mol. The number of aromatic hydroxyl groups is 2. The number of pyridine rings is 1. The molecule has 3 heterocycles. The molecule has 2 unspecified atom stereocenters. The minimum absolute atomic E-state index is 0.0308. The second-order valence-electron chi connectivity index (χ2n) is 9.61. The molecule has 2 aromatic heterocycles. The van der Waals surface area contributed by atoms with Gasteiger partial charge < -0.3 is 29.6 Å². The van der Waals surface area contributed by atoms with Crippen molar-refractivity contribution in [2.24, 2.45) is 0 Å². The second kappa shape index (κ2) is 12.5. The minimum Gasteiger partial charge on any atom is -0.504 e. The number of benzene rings is 1. The van der Waals surface area contributed by atoms with Crippen LogP contribution in [0.15, 0.2) is 58.0 Å². The maximum absolute atomic E-state index is 13.1. The van der Waals surface area contributed by atoms with Gasteiger partial charge >= 0.3 is 0 Å². The van der Waals surface area contributed by atoms with Gasteiger partial charge in [-0.15, -0.1) is 0 Å². The number of aryl methyl sites for hydroxylation is 1. The zero-order chi connectivity index (χ0) is 27.9. The summed E-state index contributed by atoms with van der Waals surface area (Å²) in [6.07, 6.45) is 6.28. The van der Waals surface area contributed by atoms with Crippen molar-refractivity contribution in [1.82, 2.24) is 15.2 Å². The molecule has 0 saturated carbocycles. The molecule has 206 valence electrons. The highest BCUT2D eigenvalue weighted by molar-refractivity contribution is 5.80. The monoisotopic (exact) mass is 535 g/mol. The highest BCUT2D eigenvalue weighted by atomic mass is 16.5. The fourth-order valence-corrected chi connectivity index (χ4v) is 4.99. The van der Waals surface area contributed by atoms with Crippen molar-refractivity contribution in [3.63, 3.8) is 0 Å². The summed E-state index contributed by atoms with van der Waals surface area (Å²) in [6, 6.07) is 9.46. The number of hydrogen-bond acceptors (Lipinski definition) is 8. The first-order chi connectivity index (χ1) is 18.8. The fourth-order valence-electron chi connectivity index (χ4n) is 4.99. The predicted octanol–water partition coefficient (Wildman–Crippen LogP) is 3.55. The number of amides is 2. The third-order valence-electron chi connectivity index (χ3n) is 6.94. The van der Waals surface area contributed by atoms with Crippen molar-refractivity contribution < 1.29 is 29.0 Å². The SMILES string of the molecule is COc1cc(C(CC(=O)NCCC(=O)N2CCCCC2c2cccnc2)c2oc(C)cc(=O)c2O)ccc1O. The zero-order valence-corrected chi connectivity index (χ0v) is 22.1. The fraction of sp³-hybridized carbons (Fsp3) is 0.379. The lowest BCUT2D eigenvalue weighted by molar-refractivity contribution is -0.135. The number of carbonyl (C=O) groups is 2. The molecule has 2 amide bonds. The van der Waals surface area contributed by atoms with Crippen molar-refractivity contribution in [1.29, 1.82) is 0 Å². The maximum atomic E-state index is 13.1. The molecule has 3 aromatic rings. The minimum atomic E-state index is -0.847. The quantitative estimate of drug-likeness (QED) is 0.378. The lowest BCUT2D eigenvalue weighted by Crippen LogP contribution is -2.40. The largest absolute Gasteiger partial charge is 0.504 e. The average Bonchev–Trinajstić information content (AvgIpc) is 2.94. The summed E-state index contributed by atoms with van der Waals surface area (Å²) >= 11 is 0. The Hall–Kier alpha value is -4.34. The van der Waals surface area contributed by atoms with Crippen LogP contribution in [0.5, 0.6) is 17.2 Å². The molecule has 2 atom stereocenters. The number of phenolic OH excluding ortho intramolecular Hbond substituents is 1. The van der Waals surface area contributed by atoms with Gasteiger partial charge in [0, 0.05) is 44.4 Å². The Kier molecular flexibility index (Phi) is 8.85. The molecule has 1 aromatic carbocycles. The summed E-state index contributed by atoms with van der Waals surface area (Å²) in [5, 5.41) is 23.3. The topological polar surface area (TPSA) is 142 Å². The van der Waals surface area contributed by atoms with Crippen molar-refractivity contribution in [3.8, 4) is 17.2 Å². The van der Waals surface area contributed by atoms with E-state index in [0.717, 1.165) is 24.8 Å². The van der Waals surface area contributed by atoms with Crippen LogP contribution in [0.2, 0.25) is 0 Å². The lowest BCUT2D eigenvalue weighted by Gasteiger charge is -2.36. The highest BCUT2D eigenvalue weighted by Crippen LogP contribution is 2.37. The van der Waals surface area contributed by atoms with Gasteiger partial charge in [0.2, 0.25) is 23.0 Å². The van der Waals surface area contributed by atoms with Gasteiger partial charge in [0.05, 0.1) is 19.1 Å². The number of likely N-dealkylation sites (tertiary alicyclic amines) is 1. The van der Waals surface area contributed by atoms with E-state index >= 15 is 0 Å². The normalized spacial score (nSPS) is 15.9. The van der Waals surface area contributed by atoms with Gasteiger partial charge in [0.15, 0.2) is 17.3 Å². The number of ether oxygens (including phenoxy) is 1. The van der Waals surface area contributed by atoms with E-state index in [9.17, 15) is 24.6 Å². The van der Waals surface area contributed by atoms with Crippen LogP contribution in [0.4, 0.5) is 0 Å². The molecule has 0 spiro atoms. The van der Waals surface area contributed by atoms with E-state index in [1.807, 2.05) is 17.0 Å². The molecular formula is C29H33N3O7.